The number of carbonyl (C=O) groups is 2. The van der Waals surface area contributed by atoms with Crippen LogP contribution in [0.4, 0.5) is 11.4 Å². The third-order valence-corrected chi connectivity index (χ3v) is 6.24. The summed E-state index contributed by atoms with van der Waals surface area (Å²) < 4.78 is 5.82. The zero-order chi connectivity index (χ0) is 19.4. The van der Waals surface area contributed by atoms with E-state index in [1.807, 2.05) is 12.3 Å². The summed E-state index contributed by atoms with van der Waals surface area (Å²) in [7, 11) is 1.58. The first-order valence-corrected chi connectivity index (χ1v) is 10.1. The monoisotopic (exact) mass is 398 g/mol. The van der Waals surface area contributed by atoms with Crippen molar-refractivity contribution in [3.8, 4) is 5.75 Å². The lowest BCUT2D eigenvalue weighted by molar-refractivity contribution is 0.102. The van der Waals surface area contributed by atoms with Gasteiger partial charge >= 0.3 is 0 Å². The maximum atomic E-state index is 12.8. The Balaban J connectivity index is 1.91. The number of nitrogens with two attached hydrogens (primary N) is 1. The van der Waals surface area contributed by atoms with Crippen LogP contribution in [-0.2, 0) is 0 Å². The highest BCUT2D eigenvalue weighted by atomic mass is 32.2. The standard InChI is InChI=1S/C20H18N2O3S2/c1-25-14-10-8-13(9-11-14)22-19(24)15-16(21)18(27-20(15)26-2)17(23)12-6-4-3-5-7-12/h3-11H,21H2,1-2H3,(H,22,24). The second-order valence-corrected chi connectivity index (χ2v) is 7.68. The molecular weight excluding hydrogens is 380 g/mol. The Bertz CT molecular complexity index is 967. The molecule has 0 aliphatic carbocycles. The fourth-order valence-electron chi connectivity index (χ4n) is 2.54. The number of thioether (sulfide) groups is 1. The van der Waals surface area contributed by atoms with Gasteiger partial charge in [-0.25, -0.2) is 0 Å². The number of anilines is 2. The van der Waals surface area contributed by atoms with E-state index in [9.17, 15) is 9.59 Å². The van der Waals surface area contributed by atoms with Gasteiger partial charge in [0, 0.05) is 11.3 Å². The Kier molecular flexibility index (Phi) is 5.83. The van der Waals surface area contributed by atoms with Gasteiger partial charge in [-0.3, -0.25) is 9.59 Å². The molecule has 0 saturated carbocycles. The average Bonchev–Trinajstić information content (AvgIpc) is 3.05. The quantitative estimate of drug-likeness (QED) is 0.470. The summed E-state index contributed by atoms with van der Waals surface area (Å²) >= 11 is 2.64. The van der Waals surface area contributed by atoms with Gasteiger partial charge in [-0.15, -0.1) is 23.1 Å². The molecule has 0 fully saturated rings. The lowest BCUT2D eigenvalue weighted by Gasteiger charge is -2.07. The molecule has 1 heterocycles. The van der Waals surface area contributed by atoms with E-state index in [0.29, 0.717) is 31.7 Å². The second-order valence-electron chi connectivity index (χ2n) is 5.59. The number of nitrogen functional groups attached to an aromatic ring is 1. The van der Waals surface area contributed by atoms with Gasteiger partial charge in [0.1, 0.15) is 5.75 Å². The minimum absolute atomic E-state index is 0.183. The topological polar surface area (TPSA) is 81.4 Å². The molecule has 1 aromatic heterocycles. The van der Waals surface area contributed by atoms with E-state index in [4.69, 9.17) is 10.5 Å². The number of amides is 1. The molecule has 2 aromatic carbocycles. The van der Waals surface area contributed by atoms with Crippen LogP contribution in [-0.4, -0.2) is 25.1 Å². The predicted octanol–water partition coefficient (Wildman–Crippen LogP) is 4.54. The van der Waals surface area contributed by atoms with Crippen LogP contribution in [0.3, 0.4) is 0 Å². The molecule has 3 N–H and O–H groups in total. The molecule has 0 aliphatic heterocycles. The van der Waals surface area contributed by atoms with Crippen molar-refractivity contribution in [2.45, 2.75) is 4.21 Å². The first-order valence-electron chi connectivity index (χ1n) is 8.06. The Morgan fingerprint density at radius 3 is 2.33 bits per heavy atom. The number of nitrogens with one attached hydrogen (secondary N) is 1. The summed E-state index contributed by atoms with van der Waals surface area (Å²) in [5, 5.41) is 2.82. The molecule has 1 amide bonds. The van der Waals surface area contributed by atoms with E-state index >= 15 is 0 Å². The van der Waals surface area contributed by atoms with Crippen molar-refractivity contribution >= 4 is 46.2 Å². The van der Waals surface area contributed by atoms with Crippen molar-refractivity contribution in [2.24, 2.45) is 0 Å². The molecule has 3 rings (SSSR count). The van der Waals surface area contributed by atoms with Crippen LogP contribution in [0.2, 0.25) is 0 Å². The molecule has 3 aromatic rings. The SMILES string of the molecule is COc1ccc(NC(=O)c2c(SC)sc(C(=O)c3ccccc3)c2N)cc1. The molecule has 0 atom stereocenters. The molecule has 7 heteroatoms. The fourth-order valence-corrected chi connectivity index (χ4v) is 4.44. The Morgan fingerprint density at radius 1 is 1.07 bits per heavy atom. The lowest BCUT2D eigenvalue weighted by atomic mass is 10.1. The molecule has 0 radical (unpaired) electrons. The molecule has 138 valence electrons. The molecule has 0 spiro atoms. The summed E-state index contributed by atoms with van der Waals surface area (Å²) in [4.78, 5) is 26.0. The number of ketones is 1. The number of benzene rings is 2. The zero-order valence-electron chi connectivity index (χ0n) is 14.8. The second kappa shape index (κ2) is 8.28. The number of carbonyl (C=O) groups excluding carboxylic acids is 2. The van der Waals surface area contributed by atoms with Crippen LogP contribution in [0.5, 0.6) is 5.75 Å². The third-order valence-electron chi connectivity index (χ3n) is 3.92. The van der Waals surface area contributed by atoms with Gasteiger partial charge in [-0.05, 0) is 30.5 Å². The smallest absolute Gasteiger partial charge is 0.259 e. The number of ether oxygens (including phenoxy) is 1. The predicted molar refractivity (Wildman–Crippen MR) is 111 cm³/mol. The molecule has 0 unspecified atom stereocenters. The minimum Gasteiger partial charge on any atom is -0.497 e. The number of methoxy groups -OCH3 is 1. The highest BCUT2D eigenvalue weighted by Gasteiger charge is 2.26. The molecule has 0 bridgehead atoms. The minimum atomic E-state index is -0.342. The van der Waals surface area contributed by atoms with E-state index in [0.717, 1.165) is 0 Å². The van der Waals surface area contributed by atoms with Gasteiger partial charge in [0.2, 0.25) is 5.78 Å². The summed E-state index contributed by atoms with van der Waals surface area (Å²) in [6.07, 6.45) is 1.85. The van der Waals surface area contributed by atoms with E-state index in [1.165, 1.54) is 23.1 Å². The normalized spacial score (nSPS) is 10.4. The molecule has 5 nitrogen and oxygen atoms in total. The van der Waals surface area contributed by atoms with Crippen molar-refractivity contribution in [3.05, 3.63) is 70.6 Å². The van der Waals surface area contributed by atoms with Gasteiger partial charge in [0.25, 0.3) is 5.91 Å². The zero-order valence-corrected chi connectivity index (χ0v) is 16.4. The number of rotatable bonds is 6. The Labute approximate surface area is 165 Å². The maximum absolute atomic E-state index is 12.8. The van der Waals surface area contributed by atoms with Gasteiger partial charge < -0.3 is 15.8 Å². The largest absolute Gasteiger partial charge is 0.497 e. The summed E-state index contributed by atoms with van der Waals surface area (Å²) in [6.45, 7) is 0. The van der Waals surface area contributed by atoms with Crippen LogP contribution < -0.4 is 15.8 Å². The van der Waals surface area contributed by atoms with Crippen LogP contribution >= 0.6 is 23.1 Å². The first kappa shape index (κ1) is 19.0. The van der Waals surface area contributed by atoms with Gasteiger partial charge in [-0.2, -0.15) is 0 Å². The van der Waals surface area contributed by atoms with Crippen molar-refractivity contribution in [1.82, 2.24) is 0 Å². The van der Waals surface area contributed by atoms with Crippen LogP contribution in [0.15, 0.2) is 58.8 Å². The van der Waals surface area contributed by atoms with Gasteiger partial charge in [-0.1, -0.05) is 30.3 Å². The number of hydrogen-bond acceptors (Lipinski definition) is 6. The van der Waals surface area contributed by atoms with Crippen molar-refractivity contribution in [2.75, 3.05) is 24.4 Å². The fraction of sp³-hybridized carbons (Fsp3) is 0.100. The van der Waals surface area contributed by atoms with E-state index in [2.05, 4.69) is 5.32 Å². The summed E-state index contributed by atoms with van der Waals surface area (Å²) in [5.74, 6) is 0.172. The molecule has 0 aliphatic rings. The van der Waals surface area contributed by atoms with E-state index < -0.39 is 0 Å². The Morgan fingerprint density at radius 2 is 1.74 bits per heavy atom. The third kappa shape index (κ3) is 3.99. The molecule has 27 heavy (non-hydrogen) atoms. The summed E-state index contributed by atoms with van der Waals surface area (Å²) in [5.41, 5.74) is 7.92. The van der Waals surface area contributed by atoms with Crippen LogP contribution in [0.25, 0.3) is 0 Å². The van der Waals surface area contributed by atoms with E-state index in [-0.39, 0.29) is 17.4 Å². The van der Waals surface area contributed by atoms with Gasteiger partial charge in [0.05, 0.1) is 27.4 Å². The summed E-state index contributed by atoms with van der Waals surface area (Å²) in [6, 6.07) is 15.9. The number of thiophene rings is 1. The first-order chi connectivity index (χ1) is 13.0. The Hall–Kier alpha value is -2.77. The average molecular weight is 399 g/mol. The maximum Gasteiger partial charge on any atom is 0.259 e. The lowest BCUT2D eigenvalue weighted by Crippen LogP contribution is -2.14. The van der Waals surface area contributed by atoms with Crippen LogP contribution in [0.1, 0.15) is 25.6 Å². The highest BCUT2D eigenvalue weighted by Crippen LogP contribution is 2.38. The van der Waals surface area contributed by atoms with Crippen molar-refractivity contribution in [3.63, 3.8) is 0 Å². The molecule has 0 saturated heterocycles. The van der Waals surface area contributed by atoms with E-state index in [1.54, 1.807) is 55.6 Å². The number of hydrogen-bond donors (Lipinski definition) is 2. The van der Waals surface area contributed by atoms with Gasteiger partial charge in [0.15, 0.2) is 0 Å². The van der Waals surface area contributed by atoms with Crippen molar-refractivity contribution in [1.29, 1.82) is 0 Å². The molecular formula is C20H18N2O3S2. The van der Waals surface area contributed by atoms with Crippen molar-refractivity contribution < 1.29 is 14.3 Å². The van der Waals surface area contributed by atoms with Crippen LogP contribution in [0, 0.1) is 0 Å². The highest BCUT2D eigenvalue weighted by molar-refractivity contribution is 8.00.